The van der Waals surface area contributed by atoms with E-state index >= 15 is 0 Å². The van der Waals surface area contributed by atoms with Crippen molar-refractivity contribution < 1.29 is 14.5 Å². The Morgan fingerprint density at radius 1 is 1.00 bits per heavy atom. The maximum absolute atomic E-state index is 11.6. The van der Waals surface area contributed by atoms with Gasteiger partial charge < -0.3 is 4.74 Å². The summed E-state index contributed by atoms with van der Waals surface area (Å²) in [6.07, 6.45) is 0.216. The third-order valence-electron chi connectivity index (χ3n) is 2.74. The minimum absolute atomic E-state index is 0.0179. The summed E-state index contributed by atoms with van der Waals surface area (Å²) in [7, 11) is 0. The van der Waals surface area contributed by atoms with Crippen LogP contribution in [0, 0.1) is 10.1 Å². The van der Waals surface area contributed by atoms with Crippen LogP contribution in [0.2, 0.25) is 0 Å². The highest BCUT2D eigenvalue weighted by Crippen LogP contribution is 2.12. The average Bonchev–Trinajstić information content (AvgIpc) is 2.46. The summed E-state index contributed by atoms with van der Waals surface area (Å²) >= 11 is 0. The Balaban J connectivity index is 1.85. The van der Waals surface area contributed by atoms with Crippen molar-refractivity contribution in [1.29, 1.82) is 0 Å². The summed E-state index contributed by atoms with van der Waals surface area (Å²) in [5.41, 5.74) is 1.63. The molecule has 2 rings (SSSR count). The van der Waals surface area contributed by atoms with Gasteiger partial charge in [-0.25, -0.2) is 0 Å². The molecule has 5 nitrogen and oxygen atoms in total. The molecule has 0 heterocycles. The van der Waals surface area contributed by atoms with Gasteiger partial charge in [-0.05, 0) is 23.3 Å². The topological polar surface area (TPSA) is 69.4 Å². The fourth-order valence-corrected chi connectivity index (χ4v) is 1.69. The first-order valence-electron chi connectivity index (χ1n) is 6.08. The van der Waals surface area contributed by atoms with Gasteiger partial charge in [0.1, 0.15) is 6.61 Å². The van der Waals surface area contributed by atoms with Crippen molar-refractivity contribution in [1.82, 2.24) is 0 Å². The van der Waals surface area contributed by atoms with Gasteiger partial charge in [0.25, 0.3) is 5.69 Å². The van der Waals surface area contributed by atoms with Crippen LogP contribution in [0.25, 0.3) is 0 Å². The van der Waals surface area contributed by atoms with E-state index in [1.165, 1.54) is 12.1 Å². The Bertz CT molecular complexity index is 593. The zero-order valence-electron chi connectivity index (χ0n) is 10.7. The van der Waals surface area contributed by atoms with E-state index < -0.39 is 4.92 Å². The SMILES string of the molecule is O=C(Cc1ccccc1)OCc1ccc([N+](=O)[O-])cc1. The highest BCUT2D eigenvalue weighted by atomic mass is 16.6. The summed E-state index contributed by atoms with van der Waals surface area (Å²) in [6, 6.07) is 15.2. The zero-order chi connectivity index (χ0) is 14.4. The van der Waals surface area contributed by atoms with Crippen molar-refractivity contribution in [3.8, 4) is 0 Å². The number of nitro benzene ring substituents is 1. The normalized spacial score (nSPS) is 10.0. The highest BCUT2D eigenvalue weighted by Gasteiger charge is 2.07. The summed E-state index contributed by atoms with van der Waals surface area (Å²) in [5.74, 6) is -0.324. The Morgan fingerprint density at radius 3 is 2.25 bits per heavy atom. The number of non-ortho nitro benzene ring substituents is 1. The monoisotopic (exact) mass is 271 g/mol. The third kappa shape index (κ3) is 3.91. The van der Waals surface area contributed by atoms with Crippen LogP contribution in [0.3, 0.4) is 0 Å². The summed E-state index contributed by atoms with van der Waals surface area (Å²) in [6.45, 7) is 0.115. The fourth-order valence-electron chi connectivity index (χ4n) is 1.69. The molecule has 0 saturated heterocycles. The van der Waals surface area contributed by atoms with Crippen molar-refractivity contribution in [2.45, 2.75) is 13.0 Å². The first-order chi connectivity index (χ1) is 9.65. The van der Waals surface area contributed by atoms with Gasteiger partial charge in [0.15, 0.2) is 0 Å². The second kappa shape index (κ2) is 6.47. The lowest BCUT2D eigenvalue weighted by Gasteiger charge is -2.05. The molecule has 0 spiro atoms. The van der Waals surface area contributed by atoms with Crippen molar-refractivity contribution in [3.05, 3.63) is 75.8 Å². The molecule has 0 amide bonds. The molecule has 20 heavy (non-hydrogen) atoms. The average molecular weight is 271 g/mol. The number of nitro groups is 1. The minimum atomic E-state index is -0.467. The van der Waals surface area contributed by atoms with E-state index in [0.29, 0.717) is 0 Å². The molecule has 0 bridgehead atoms. The van der Waals surface area contributed by atoms with Crippen LogP contribution in [0.15, 0.2) is 54.6 Å². The van der Waals surface area contributed by atoms with E-state index in [0.717, 1.165) is 11.1 Å². The van der Waals surface area contributed by atoms with Crippen LogP contribution in [0.1, 0.15) is 11.1 Å². The first kappa shape index (κ1) is 13.7. The molecule has 102 valence electrons. The summed E-state index contributed by atoms with van der Waals surface area (Å²) in [4.78, 5) is 21.7. The molecule has 0 saturated carbocycles. The van der Waals surface area contributed by atoms with Gasteiger partial charge in [-0.3, -0.25) is 14.9 Å². The van der Waals surface area contributed by atoms with Crippen LogP contribution in [-0.4, -0.2) is 10.9 Å². The van der Waals surface area contributed by atoms with Crippen LogP contribution in [0.5, 0.6) is 0 Å². The Labute approximate surface area is 116 Å². The molecular formula is C15H13NO4. The van der Waals surface area contributed by atoms with E-state index in [1.54, 1.807) is 12.1 Å². The number of nitrogens with zero attached hydrogens (tertiary/aromatic N) is 1. The van der Waals surface area contributed by atoms with Crippen molar-refractivity contribution >= 4 is 11.7 Å². The molecular weight excluding hydrogens is 258 g/mol. The van der Waals surface area contributed by atoms with Gasteiger partial charge in [0, 0.05) is 12.1 Å². The van der Waals surface area contributed by atoms with Crippen LogP contribution in [0.4, 0.5) is 5.69 Å². The maximum Gasteiger partial charge on any atom is 0.310 e. The second-order valence-corrected chi connectivity index (χ2v) is 4.25. The lowest BCUT2D eigenvalue weighted by molar-refractivity contribution is -0.384. The van der Waals surface area contributed by atoms with Gasteiger partial charge in [-0.15, -0.1) is 0 Å². The largest absolute Gasteiger partial charge is 0.461 e. The predicted octanol–water partition coefficient (Wildman–Crippen LogP) is 2.88. The molecule has 0 N–H and O–H groups in total. The van der Waals surface area contributed by atoms with Gasteiger partial charge in [0.2, 0.25) is 0 Å². The molecule has 5 heteroatoms. The van der Waals surface area contributed by atoms with Crippen LogP contribution < -0.4 is 0 Å². The molecule has 0 unspecified atom stereocenters. The molecule has 0 aliphatic heterocycles. The number of benzene rings is 2. The molecule has 0 aliphatic rings. The number of esters is 1. The second-order valence-electron chi connectivity index (χ2n) is 4.25. The Morgan fingerprint density at radius 2 is 1.65 bits per heavy atom. The van der Waals surface area contributed by atoms with Gasteiger partial charge >= 0.3 is 5.97 Å². The standard InChI is InChI=1S/C15H13NO4/c17-15(10-12-4-2-1-3-5-12)20-11-13-6-8-14(9-7-13)16(18)19/h1-9H,10-11H2. The van der Waals surface area contributed by atoms with Crippen molar-refractivity contribution in [2.24, 2.45) is 0 Å². The number of ether oxygens (including phenoxy) is 1. The first-order valence-corrected chi connectivity index (χ1v) is 6.08. The van der Waals surface area contributed by atoms with Crippen LogP contribution >= 0.6 is 0 Å². The van der Waals surface area contributed by atoms with E-state index in [4.69, 9.17) is 4.74 Å². The number of rotatable bonds is 5. The van der Waals surface area contributed by atoms with E-state index in [9.17, 15) is 14.9 Å². The lowest BCUT2D eigenvalue weighted by atomic mass is 10.1. The highest BCUT2D eigenvalue weighted by molar-refractivity contribution is 5.72. The fraction of sp³-hybridized carbons (Fsp3) is 0.133. The van der Waals surface area contributed by atoms with Gasteiger partial charge in [-0.2, -0.15) is 0 Å². The summed E-state index contributed by atoms with van der Waals surface area (Å²) in [5, 5.41) is 10.5. The van der Waals surface area contributed by atoms with E-state index in [1.807, 2.05) is 30.3 Å². The Hall–Kier alpha value is -2.69. The molecule has 0 fully saturated rings. The maximum atomic E-state index is 11.6. The number of hydrogen-bond acceptors (Lipinski definition) is 4. The quantitative estimate of drug-likeness (QED) is 0.476. The molecule has 0 aliphatic carbocycles. The lowest BCUT2D eigenvalue weighted by Crippen LogP contribution is -2.07. The van der Waals surface area contributed by atoms with E-state index in [2.05, 4.69) is 0 Å². The number of carbonyl (C=O) groups excluding carboxylic acids is 1. The summed E-state index contributed by atoms with van der Waals surface area (Å²) < 4.78 is 5.12. The predicted molar refractivity (Wildman–Crippen MR) is 73.0 cm³/mol. The minimum Gasteiger partial charge on any atom is -0.461 e. The molecule has 2 aromatic carbocycles. The number of hydrogen-bond donors (Lipinski definition) is 0. The third-order valence-corrected chi connectivity index (χ3v) is 2.74. The molecule has 2 aromatic rings. The van der Waals surface area contributed by atoms with Gasteiger partial charge in [-0.1, -0.05) is 30.3 Å². The van der Waals surface area contributed by atoms with E-state index in [-0.39, 0.29) is 24.7 Å². The van der Waals surface area contributed by atoms with Crippen molar-refractivity contribution in [3.63, 3.8) is 0 Å². The van der Waals surface area contributed by atoms with Crippen molar-refractivity contribution in [2.75, 3.05) is 0 Å². The molecule has 0 atom stereocenters. The molecule has 0 radical (unpaired) electrons. The van der Waals surface area contributed by atoms with Crippen LogP contribution in [-0.2, 0) is 22.6 Å². The van der Waals surface area contributed by atoms with Gasteiger partial charge in [0.05, 0.1) is 11.3 Å². The number of carbonyl (C=O) groups is 1. The zero-order valence-corrected chi connectivity index (χ0v) is 10.7. The molecule has 0 aromatic heterocycles. The smallest absolute Gasteiger partial charge is 0.310 e. The Kier molecular flexibility index (Phi) is 4.44.